The monoisotopic (exact) mass is 332 g/mol. The van der Waals surface area contributed by atoms with Gasteiger partial charge in [-0.1, -0.05) is 0 Å². The van der Waals surface area contributed by atoms with Gasteiger partial charge in [0.1, 0.15) is 0 Å². The molecule has 1 aromatic rings. The van der Waals surface area contributed by atoms with Crippen LogP contribution in [-0.4, -0.2) is 38.9 Å². The number of rotatable bonds is 9. The van der Waals surface area contributed by atoms with Crippen molar-refractivity contribution in [3.05, 3.63) is 23.3 Å². The average molecular weight is 332 g/mol. The van der Waals surface area contributed by atoms with Gasteiger partial charge in [-0.05, 0) is 31.5 Å². The lowest BCUT2D eigenvalue weighted by Gasteiger charge is -2.14. The van der Waals surface area contributed by atoms with Gasteiger partial charge in [0.25, 0.3) is 0 Å². The molecule has 0 saturated carbocycles. The van der Waals surface area contributed by atoms with Gasteiger partial charge in [-0.2, -0.15) is 0 Å². The van der Waals surface area contributed by atoms with Gasteiger partial charge in [-0.15, -0.1) is 0 Å². The summed E-state index contributed by atoms with van der Waals surface area (Å²) in [6, 6.07) is 2.38. The summed E-state index contributed by atoms with van der Waals surface area (Å²) in [5.41, 5.74) is 0.200. The van der Waals surface area contributed by atoms with Crippen molar-refractivity contribution < 1.29 is 37.3 Å². The summed E-state index contributed by atoms with van der Waals surface area (Å²) in [6.45, 7) is 1.16. The Balaban J connectivity index is 3.27. The van der Waals surface area contributed by atoms with Gasteiger partial charge in [0, 0.05) is 0 Å². The van der Waals surface area contributed by atoms with Crippen LogP contribution in [0.4, 0.5) is 8.78 Å². The molecule has 1 aromatic carbocycles. The molecular formula is C15H18F2O6. The molecule has 0 fully saturated rings. The summed E-state index contributed by atoms with van der Waals surface area (Å²) >= 11 is 0. The fourth-order valence-corrected chi connectivity index (χ4v) is 1.86. The molecule has 0 amide bonds. The first-order valence-corrected chi connectivity index (χ1v) is 6.94. The van der Waals surface area contributed by atoms with Gasteiger partial charge in [0.2, 0.25) is 13.7 Å². The molecule has 0 aliphatic carbocycles. The summed E-state index contributed by atoms with van der Waals surface area (Å²) < 4.78 is 44.0. The predicted octanol–water partition coefficient (Wildman–Crippen LogP) is 2.58. The number of alkyl halides is 2. The summed E-state index contributed by atoms with van der Waals surface area (Å²) in [5.74, 6) is -1.59. The Morgan fingerprint density at radius 2 is 1.52 bits per heavy atom. The Morgan fingerprint density at radius 1 is 0.957 bits per heavy atom. The zero-order chi connectivity index (χ0) is 17.2. The van der Waals surface area contributed by atoms with E-state index >= 15 is 0 Å². The second kappa shape index (κ2) is 9.60. The Kier molecular flexibility index (Phi) is 7.79. The molecule has 0 atom stereocenters. The van der Waals surface area contributed by atoms with Gasteiger partial charge in [-0.25, -0.2) is 13.6 Å². The fourth-order valence-electron chi connectivity index (χ4n) is 1.86. The van der Waals surface area contributed by atoms with Crippen molar-refractivity contribution in [3.63, 3.8) is 0 Å². The quantitative estimate of drug-likeness (QED) is 0.647. The summed E-state index contributed by atoms with van der Waals surface area (Å²) in [7, 11) is 0. The molecular weight excluding hydrogens is 314 g/mol. The topological polar surface area (TPSA) is 71.1 Å². The predicted molar refractivity (Wildman–Crippen MR) is 75.9 cm³/mol. The van der Waals surface area contributed by atoms with E-state index in [1.165, 1.54) is 6.07 Å². The van der Waals surface area contributed by atoms with Crippen LogP contribution in [0.1, 0.15) is 29.8 Å². The number of hydrogen-bond donors (Lipinski definition) is 0. The highest BCUT2D eigenvalue weighted by Crippen LogP contribution is 2.32. The third kappa shape index (κ3) is 5.39. The second-order valence-electron chi connectivity index (χ2n) is 4.17. The van der Waals surface area contributed by atoms with E-state index in [1.807, 2.05) is 0 Å². The minimum atomic E-state index is -1.19. The van der Waals surface area contributed by atoms with E-state index in [0.29, 0.717) is 0 Å². The summed E-state index contributed by atoms with van der Waals surface area (Å²) in [4.78, 5) is 23.6. The minimum Gasteiger partial charge on any atom is -0.466 e. The van der Waals surface area contributed by atoms with E-state index in [0.717, 1.165) is 6.07 Å². The second-order valence-corrected chi connectivity index (χ2v) is 4.17. The summed E-state index contributed by atoms with van der Waals surface area (Å²) in [5, 5.41) is 0. The maximum absolute atomic E-state index is 12.4. The highest BCUT2D eigenvalue weighted by atomic mass is 19.1. The number of ether oxygens (including phenoxy) is 4. The van der Waals surface area contributed by atoms with Crippen LogP contribution in [0.15, 0.2) is 12.1 Å². The third-order valence-corrected chi connectivity index (χ3v) is 2.73. The number of hydrogen-bond acceptors (Lipinski definition) is 6. The molecule has 23 heavy (non-hydrogen) atoms. The Hall–Kier alpha value is -2.38. The normalized spacial score (nSPS) is 10.1. The van der Waals surface area contributed by atoms with Crippen molar-refractivity contribution >= 4 is 11.9 Å². The first-order valence-electron chi connectivity index (χ1n) is 6.94. The van der Waals surface area contributed by atoms with E-state index < -0.39 is 25.7 Å². The van der Waals surface area contributed by atoms with Gasteiger partial charge < -0.3 is 18.9 Å². The average Bonchev–Trinajstić information content (AvgIpc) is 2.50. The molecule has 0 unspecified atom stereocenters. The molecule has 0 radical (unpaired) electrons. The molecule has 0 saturated heterocycles. The van der Waals surface area contributed by atoms with Gasteiger partial charge in [0.05, 0.1) is 25.2 Å². The van der Waals surface area contributed by atoms with Crippen LogP contribution in [-0.2, 0) is 20.7 Å². The van der Waals surface area contributed by atoms with Crippen molar-refractivity contribution in [2.75, 3.05) is 26.9 Å². The standard InChI is InChI=1S/C15H18F2O6/c1-3-20-14(18)6-10-5-12(22-8-16)13(23-9-17)7-11(10)15(19)21-4-2/h5,7H,3-4,6,8-9H2,1-2H3. The van der Waals surface area contributed by atoms with Crippen LogP contribution >= 0.6 is 0 Å². The summed E-state index contributed by atoms with van der Waals surface area (Å²) in [6.07, 6.45) is -0.249. The van der Waals surface area contributed by atoms with Gasteiger partial charge in [-0.3, -0.25) is 4.79 Å². The van der Waals surface area contributed by atoms with Crippen LogP contribution in [0.3, 0.4) is 0 Å². The van der Waals surface area contributed by atoms with E-state index in [-0.39, 0.29) is 42.3 Å². The number of halogens is 2. The lowest BCUT2D eigenvalue weighted by Crippen LogP contribution is -2.14. The Bertz CT molecular complexity index is 547. The first kappa shape index (κ1) is 18.7. The van der Waals surface area contributed by atoms with Crippen LogP contribution in [0.5, 0.6) is 11.5 Å². The maximum atomic E-state index is 12.4. The van der Waals surface area contributed by atoms with E-state index in [1.54, 1.807) is 13.8 Å². The van der Waals surface area contributed by atoms with Gasteiger partial charge in [0.15, 0.2) is 11.5 Å². The molecule has 0 aliphatic heterocycles. The van der Waals surface area contributed by atoms with E-state index in [9.17, 15) is 18.4 Å². The van der Waals surface area contributed by atoms with Gasteiger partial charge >= 0.3 is 11.9 Å². The number of carbonyl (C=O) groups is 2. The van der Waals surface area contributed by atoms with Crippen molar-refractivity contribution in [3.8, 4) is 11.5 Å². The molecule has 0 heterocycles. The van der Waals surface area contributed by atoms with Crippen LogP contribution in [0.2, 0.25) is 0 Å². The highest BCUT2D eigenvalue weighted by molar-refractivity contribution is 5.93. The smallest absolute Gasteiger partial charge is 0.338 e. The van der Waals surface area contributed by atoms with Crippen molar-refractivity contribution in [1.82, 2.24) is 0 Å². The highest BCUT2D eigenvalue weighted by Gasteiger charge is 2.21. The SMILES string of the molecule is CCOC(=O)Cc1cc(OCF)c(OCF)cc1C(=O)OCC. The number of esters is 2. The zero-order valence-electron chi connectivity index (χ0n) is 12.9. The lowest BCUT2D eigenvalue weighted by atomic mass is 10.0. The third-order valence-electron chi connectivity index (χ3n) is 2.73. The molecule has 0 aliphatic rings. The van der Waals surface area contributed by atoms with E-state index in [2.05, 4.69) is 4.74 Å². The molecule has 6 nitrogen and oxygen atoms in total. The number of carbonyl (C=O) groups excluding carboxylic acids is 2. The molecule has 0 N–H and O–H groups in total. The number of benzene rings is 1. The molecule has 0 bridgehead atoms. The van der Waals surface area contributed by atoms with Crippen LogP contribution < -0.4 is 9.47 Å². The van der Waals surface area contributed by atoms with Crippen molar-refractivity contribution in [2.24, 2.45) is 0 Å². The molecule has 128 valence electrons. The molecule has 8 heteroatoms. The Morgan fingerprint density at radius 3 is 2.04 bits per heavy atom. The van der Waals surface area contributed by atoms with E-state index in [4.69, 9.17) is 14.2 Å². The fraction of sp³-hybridized carbons (Fsp3) is 0.467. The Labute approximate surface area is 132 Å². The molecule has 1 rings (SSSR count). The first-order chi connectivity index (χ1) is 11.1. The molecule has 0 aromatic heterocycles. The zero-order valence-corrected chi connectivity index (χ0v) is 12.9. The van der Waals surface area contributed by atoms with Crippen molar-refractivity contribution in [2.45, 2.75) is 20.3 Å². The maximum Gasteiger partial charge on any atom is 0.338 e. The largest absolute Gasteiger partial charge is 0.466 e. The van der Waals surface area contributed by atoms with Crippen LogP contribution in [0.25, 0.3) is 0 Å². The van der Waals surface area contributed by atoms with Crippen molar-refractivity contribution in [1.29, 1.82) is 0 Å². The van der Waals surface area contributed by atoms with Crippen LogP contribution in [0, 0.1) is 0 Å². The lowest BCUT2D eigenvalue weighted by molar-refractivity contribution is -0.142. The minimum absolute atomic E-state index is 0.00504. The molecule has 0 spiro atoms.